The molecule has 0 aliphatic heterocycles. The maximum atomic E-state index is 11.9. The molecule has 0 bridgehead atoms. The minimum Gasteiger partial charge on any atom is -0.452 e. The van der Waals surface area contributed by atoms with Gasteiger partial charge in [-0.25, -0.2) is 4.79 Å². The summed E-state index contributed by atoms with van der Waals surface area (Å²) >= 11 is 0. The second kappa shape index (κ2) is 7.71. The zero-order valence-corrected chi connectivity index (χ0v) is 13.0. The molecular weight excluding hydrogens is 300 g/mol. The van der Waals surface area contributed by atoms with Gasteiger partial charge in [-0.05, 0) is 30.9 Å². The van der Waals surface area contributed by atoms with Crippen LogP contribution in [0.4, 0.5) is 5.69 Å². The number of hydrogen-bond acceptors (Lipinski definition) is 5. The van der Waals surface area contributed by atoms with Crippen LogP contribution in [0.1, 0.15) is 43.0 Å². The lowest BCUT2D eigenvalue weighted by atomic mass is 9.86. The highest BCUT2D eigenvalue weighted by Crippen LogP contribution is 2.23. The molecule has 0 spiro atoms. The van der Waals surface area contributed by atoms with Crippen LogP contribution < -0.4 is 5.32 Å². The third-order valence-corrected chi connectivity index (χ3v) is 4.11. The number of esters is 1. The van der Waals surface area contributed by atoms with Crippen LogP contribution in [0.3, 0.4) is 0 Å². The van der Waals surface area contributed by atoms with Crippen LogP contribution in [0, 0.1) is 16.0 Å². The van der Waals surface area contributed by atoms with E-state index in [9.17, 15) is 19.7 Å². The van der Waals surface area contributed by atoms with E-state index in [2.05, 4.69) is 12.2 Å². The quantitative estimate of drug-likeness (QED) is 0.510. The van der Waals surface area contributed by atoms with Crippen molar-refractivity contribution < 1.29 is 19.2 Å². The molecule has 0 radical (unpaired) electrons. The molecule has 124 valence electrons. The number of nitrogens with one attached hydrogen (secondary N) is 1. The number of amides is 1. The fraction of sp³-hybridized carbons (Fsp3) is 0.500. The molecule has 0 saturated heterocycles. The number of nitro benzene ring substituents is 1. The molecule has 2 rings (SSSR count). The second-order valence-corrected chi connectivity index (χ2v) is 5.82. The summed E-state index contributed by atoms with van der Waals surface area (Å²) in [7, 11) is 0. The summed E-state index contributed by atoms with van der Waals surface area (Å²) in [6.07, 6.45) is 4.32. The molecule has 1 saturated carbocycles. The van der Waals surface area contributed by atoms with E-state index >= 15 is 0 Å². The van der Waals surface area contributed by atoms with Crippen molar-refractivity contribution in [1.82, 2.24) is 5.32 Å². The van der Waals surface area contributed by atoms with Gasteiger partial charge in [0, 0.05) is 18.2 Å². The molecule has 0 aromatic heterocycles. The number of non-ortho nitro benzene ring substituents is 1. The molecule has 1 aromatic rings. The van der Waals surface area contributed by atoms with Crippen LogP contribution in [0.2, 0.25) is 0 Å². The first-order valence-electron chi connectivity index (χ1n) is 7.68. The number of ether oxygens (including phenoxy) is 1. The van der Waals surface area contributed by atoms with E-state index in [0.717, 1.165) is 19.3 Å². The van der Waals surface area contributed by atoms with Crippen LogP contribution in [-0.4, -0.2) is 29.4 Å². The Bertz CT molecular complexity index is 585. The van der Waals surface area contributed by atoms with Gasteiger partial charge in [0.2, 0.25) is 0 Å². The third-order valence-electron chi connectivity index (χ3n) is 4.11. The van der Waals surface area contributed by atoms with E-state index in [1.165, 1.54) is 30.7 Å². The topological polar surface area (TPSA) is 98.5 Å². The second-order valence-electron chi connectivity index (χ2n) is 5.82. The van der Waals surface area contributed by atoms with Crippen molar-refractivity contribution in [3.63, 3.8) is 0 Å². The maximum absolute atomic E-state index is 11.9. The maximum Gasteiger partial charge on any atom is 0.338 e. The van der Waals surface area contributed by atoms with Crippen molar-refractivity contribution in [2.75, 3.05) is 6.61 Å². The molecule has 23 heavy (non-hydrogen) atoms. The predicted octanol–water partition coefficient (Wildman–Crippen LogP) is 2.45. The van der Waals surface area contributed by atoms with Crippen LogP contribution in [-0.2, 0) is 9.53 Å². The van der Waals surface area contributed by atoms with Crippen molar-refractivity contribution in [2.24, 2.45) is 5.92 Å². The summed E-state index contributed by atoms with van der Waals surface area (Å²) in [6, 6.07) is 5.19. The van der Waals surface area contributed by atoms with Gasteiger partial charge in [-0.1, -0.05) is 19.8 Å². The van der Waals surface area contributed by atoms with E-state index in [1.807, 2.05) is 0 Å². The first-order chi connectivity index (χ1) is 11.0. The number of nitrogens with zero attached hydrogens (tertiary/aromatic N) is 1. The van der Waals surface area contributed by atoms with E-state index in [0.29, 0.717) is 5.92 Å². The highest BCUT2D eigenvalue weighted by Gasteiger charge is 2.23. The smallest absolute Gasteiger partial charge is 0.338 e. The lowest BCUT2D eigenvalue weighted by Gasteiger charge is -2.29. The van der Waals surface area contributed by atoms with Crippen molar-refractivity contribution in [3.8, 4) is 0 Å². The Balaban J connectivity index is 1.81. The number of carbonyl (C=O) groups excluding carboxylic acids is 2. The van der Waals surface area contributed by atoms with Gasteiger partial charge < -0.3 is 10.1 Å². The van der Waals surface area contributed by atoms with Crippen molar-refractivity contribution in [2.45, 2.75) is 38.6 Å². The molecule has 7 nitrogen and oxygen atoms in total. The number of benzene rings is 1. The lowest BCUT2D eigenvalue weighted by molar-refractivity contribution is -0.384. The number of carbonyl (C=O) groups is 2. The largest absolute Gasteiger partial charge is 0.452 e. The SMILES string of the molecule is C[C@H]1CCCC[C@@H]1NC(=O)COC(=O)c1ccc([N+](=O)[O-])cc1. The van der Waals surface area contributed by atoms with Gasteiger partial charge in [-0.2, -0.15) is 0 Å². The molecule has 1 fully saturated rings. The van der Waals surface area contributed by atoms with E-state index in [4.69, 9.17) is 4.74 Å². The lowest BCUT2D eigenvalue weighted by Crippen LogP contribution is -2.42. The van der Waals surface area contributed by atoms with Gasteiger partial charge in [0.1, 0.15) is 0 Å². The standard InChI is InChI=1S/C16H20N2O5/c1-11-4-2-3-5-14(11)17-15(19)10-23-16(20)12-6-8-13(9-7-12)18(21)22/h6-9,11,14H,2-5,10H2,1H3,(H,17,19)/t11-,14-/m0/s1. The summed E-state index contributed by atoms with van der Waals surface area (Å²) in [5.74, 6) is -0.566. The Kier molecular flexibility index (Phi) is 5.67. The minimum absolute atomic E-state index is 0.106. The molecule has 0 heterocycles. The van der Waals surface area contributed by atoms with Gasteiger partial charge in [0.25, 0.3) is 11.6 Å². The van der Waals surface area contributed by atoms with Gasteiger partial charge in [0.05, 0.1) is 10.5 Å². The number of rotatable bonds is 5. The highest BCUT2D eigenvalue weighted by atomic mass is 16.6. The van der Waals surface area contributed by atoms with Crippen molar-refractivity contribution in [3.05, 3.63) is 39.9 Å². The molecule has 2 atom stereocenters. The number of nitro groups is 1. The van der Waals surface area contributed by atoms with Gasteiger partial charge >= 0.3 is 5.97 Å². The molecule has 1 aromatic carbocycles. The Labute approximate surface area is 134 Å². The Morgan fingerprint density at radius 2 is 1.91 bits per heavy atom. The normalized spacial score (nSPS) is 20.6. The van der Waals surface area contributed by atoms with Gasteiger partial charge in [-0.3, -0.25) is 14.9 Å². The number of hydrogen-bond donors (Lipinski definition) is 1. The molecule has 1 aliphatic carbocycles. The summed E-state index contributed by atoms with van der Waals surface area (Å²) in [4.78, 5) is 33.7. The predicted molar refractivity (Wildman–Crippen MR) is 82.9 cm³/mol. The van der Waals surface area contributed by atoms with Gasteiger partial charge in [-0.15, -0.1) is 0 Å². The molecule has 1 amide bonds. The van der Waals surface area contributed by atoms with E-state index < -0.39 is 10.9 Å². The van der Waals surface area contributed by atoms with E-state index in [-0.39, 0.29) is 29.8 Å². The first-order valence-corrected chi connectivity index (χ1v) is 7.68. The van der Waals surface area contributed by atoms with Gasteiger partial charge in [0.15, 0.2) is 6.61 Å². The Morgan fingerprint density at radius 3 is 2.52 bits per heavy atom. The average Bonchev–Trinajstić information content (AvgIpc) is 2.55. The molecule has 1 N–H and O–H groups in total. The summed E-state index contributed by atoms with van der Waals surface area (Å²) in [6.45, 7) is 1.76. The zero-order chi connectivity index (χ0) is 16.8. The Morgan fingerprint density at radius 1 is 1.26 bits per heavy atom. The molecule has 0 unspecified atom stereocenters. The zero-order valence-electron chi connectivity index (χ0n) is 13.0. The summed E-state index contributed by atoms with van der Waals surface area (Å²) < 4.78 is 4.95. The first kappa shape index (κ1) is 16.9. The van der Waals surface area contributed by atoms with Crippen LogP contribution in [0.5, 0.6) is 0 Å². The van der Waals surface area contributed by atoms with Crippen LogP contribution in [0.15, 0.2) is 24.3 Å². The molecule has 1 aliphatic rings. The fourth-order valence-corrected chi connectivity index (χ4v) is 2.71. The monoisotopic (exact) mass is 320 g/mol. The fourth-order valence-electron chi connectivity index (χ4n) is 2.71. The summed E-state index contributed by atoms with van der Waals surface area (Å²) in [5, 5.41) is 13.4. The highest BCUT2D eigenvalue weighted by molar-refractivity contribution is 5.91. The van der Waals surface area contributed by atoms with Crippen molar-refractivity contribution >= 4 is 17.6 Å². The van der Waals surface area contributed by atoms with Crippen LogP contribution in [0.25, 0.3) is 0 Å². The molecular formula is C16H20N2O5. The minimum atomic E-state index is -0.674. The Hall–Kier alpha value is -2.44. The third kappa shape index (κ3) is 4.77. The average molecular weight is 320 g/mol. The van der Waals surface area contributed by atoms with Crippen LogP contribution >= 0.6 is 0 Å². The summed E-state index contributed by atoms with van der Waals surface area (Å²) in [5.41, 5.74) is 0.0695. The molecule has 7 heteroatoms. The van der Waals surface area contributed by atoms with Crippen molar-refractivity contribution in [1.29, 1.82) is 0 Å². The van der Waals surface area contributed by atoms with E-state index in [1.54, 1.807) is 0 Å².